The zero-order valence-corrected chi connectivity index (χ0v) is 23.8. The van der Waals surface area contributed by atoms with E-state index in [1.165, 1.54) is 87.4 Å². The number of hydrogen-bond donors (Lipinski definition) is 0. The summed E-state index contributed by atoms with van der Waals surface area (Å²) < 4.78 is 0. The van der Waals surface area contributed by atoms with Gasteiger partial charge in [0.05, 0.1) is 9.85 Å². The van der Waals surface area contributed by atoms with Crippen molar-refractivity contribution in [3.63, 3.8) is 0 Å². The molecule has 0 heterocycles. The molecule has 2 aliphatic rings. The van der Waals surface area contributed by atoms with Crippen LogP contribution in [0.25, 0.3) is 0 Å². The second-order valence-corrected chi connectivity index (χ2v) is 9.10. The van der Waals surface area contributed by atoms with Crippen molar-refractivity contribution in [2.75, 3.05) is 0 Å². The van der Waals surface area contributed by atoms with Crippen LogP contribution >= 0.6 is 0 Å². The van der Waals surface area contributed by atoms with Crippen molar-refractivity contribution in [1.82, 2.24) is 0 Å². The van der Waals surface area contributed by atoms with E-state index in [0.29, 0.717) is 11.1 Å². The maximum atomic E-state index is 11.6. The monoisotopic (exact) mass is 558 g/mol. The third-order valence-electron chi connectivity index (χ3n) is 6.41. The van der Waals surface area contributed by atoms with Gasteiger partial charge in [-0.25, -0.2) is 0 Å². The molecular formula is C26H30N4O6Zn. The number of nitro benzene ring substituents is 2. The molecule has 0 saturated heterocycles. The molecule has 11 heteroatoms. The molecule has 2 saturated carbocycles. The average molecular weight is 560 g/mol. The van der Waals surface area contributed by atoms with E-state index < -0.39 is 9.85 Å². The molecule has 2 aromatic carbocycles. The molecule has 37 heavy (non-hydrogen) atoms. The molecule has 0 bridgehead atoms. The standard InChI is InChI=1S/2C13H16N2O3.Zn/c2*16-13-7-6-12(15(17)18)8-10(13)9-14-11-4-2-1-3-5-11;/h2*6-9,11,16H,1-5H2;/q;;+2/p-2. The van der Waals surface area contributed by atoms with Crippen LogP contribution in [0.15, 0.2) is 46.4 Å². The van der Waals surface area contributed by atoms with E-state index in [4.69, 9.17) is 0 Å². The molecule has 2 aliphatic carbocycles. The molecule has 0 spiro atoms. The van der Waals surface area contributed by atoms with Gasteiger partial charge in [-0.15, -0.1) is 0 Å². The van der Waals surface area contributed by atoms with Gasteiger partial charge in [0.1, 0.15) is 0 Å². The van der Waals surface area contributed by atoms with Crippen LogP contribution in [0.2, 0.25) is 0 Å². The summed E-state index contributed by atoms with van der Waals surface area (Å²) in [5, 5.41) is 44.4. The summed E-state index contributed by atoms with van der Waals surface area (Å²) in [6.07, 6.45) is 14.3. The summed E-state index contributed by atoms with van der Waals surface area (Å²) in [4.78, 5) is 29.0. The Morgan fingerprint density at radius 3 is 1.32 bits per heavy atom. The van der Waals surface area contributed by atoms with Crippen LogP contribution in [0.4, 0.5) is 11.4 Å². The van der Waals surface area contributed by atoms with Crippen LogP contribution in [0, 0.1) is 20.2 Å². The molecule has 2 aromatic rings. The summed E-state index contributed by atoms with van der Waals surface area (Å²) >= 11 is 0. The average Bonchev–Trinajstić information content (AvgIpc) is 2.89. The fourth-order valence-electron chi connectivity index (χ4n) is 4.33. The van der Waals surface area contributed by atoms with Gasteiger partial charge < -0.3 is 10.2 Å². The minimum absolute atomic E-state index is 0. The zero-order valence-electron chi connectivity index (χ0n) is 20.8. The first-order chi connectivity index (χ1) is 17.3. The van der Waals surface area contributed by atoms with Gasteiger partial charge in [0.25, 0.3) is 11.4 Å². The van der Waals surface area contributed by atoms with E-state index in [-0.39, 0.29) is 54.4 Å². The van der Waals surface area contributed by atoms with E-state index in [9.17, 15) is 30.4 Å². The number of nitrogens with zero attached hydrogens (tertiary/aromatic N) is 4. The van der Waals surface area contributed by atoms with E-state index >= 15 is 0 Å². The Bertz CT molecular complexity index is 1020. The molecule has 192 valence electrons. The molecule has 0 aliphatic heterocycles. The quantitative estimate of drug-likeness (QED) is 0.213. The van der Waals surface area contributed by atoms with Crippen LogP contribution in [0.5, 0.6) is 11.5 Å². The Morgan fingerprint density at radius 2 is 1.00 bits per heavy atom. The molecule has 0 unspecified atom stereocenters. The summed E-state index contributed by atoms with van der Waals surface area (Å²) in [5.41, 5.74) is 0.462. The number of hydrogen-bond acceptors (Lipinski definition) is 8. The predicted octanol–water partition coefficient (Wildman–Crippen LogP) is 4.84. The van der Waals surface area contributed by atoms with Gasteiger partial charge in [-0.05, 0) is 36.8 Å². The van der Waals surface area contributed by atoms with Crippen LogP contribution in [-0.2, 0) is 19.5 Å². The van der Waals surface area contributed by atoms with E-state index in [1.54, 1.807) is 0 Å². The summed E-state index contributed by atoms with van der Waals surface area (Å²) in [7, 11) is 0. The van der Waals surface area contributed by atoms with Crippen LogP contribution in [-0.4, -0.2) is 34.4 Å². The molecule has 10 nitrogen and oxygen atoms in total. The maximum Gasteiger partial charge on any atom is 2.00 e. The fourth-order valence-corrected chi connectivity index (χ4v) is 4.33. The van der Waals surface area contributed by atoms with Crippen molar-refractivity contribution in [3.05, 3.63) is 67.8 Å². The molecular weight excluding hydrogens is 530 g/mol. The smallest absolute Gasteiger partial charge is 0.872 e. The second kappa shape index (κ2) is 15.1. The molecule has 0 amide bonds. The zero-order chi connectivity index (χ0) is 25.9. The Kier molecular flexibility index (Phi) is 12.3. The van der Waals surface area contributed by atoms with Crippen molar-refractivity contribution in [1.29, 1.82) is 0 Å². The number of nitro groups is 2. The summed E-state index contributed by atoms with van der Waals surface area (Å²) in [5.74, 6) is -0.444. The summed E-state index contributed by atoms with van der Waals surface area (Å²) in [6.45, 7) is 0. The predicted molar refractivity (Wildman–Crippen MR) is 134 cm³/mol. The topological polar surface area (TPSA) is 157 Å². The van der Waals surface area contributed by atoms with Crippen LogP contribution < -0.4 is 10.2 Å². The Morgan fingerprint density at radius 1 is 0.649 bits per heavy atom. The van der Waals surface area contributed by atoms with Gasteiger partial charge in [0.15, 0.2) is 0 Å². The number of rotatable bonds is 6. The van der Waals surface area contributed by atoms with Gasteiger partial charge >= 0.3 is 19.5 Å². The Hall–Kier alpha value is -3.20. The number of benzene rings is 2. The number of non-ortho nitro benzene ring substituents is 2. The van der Waals surface area contributed by atoms with Gasteiger partial charge in [-0.3, -0.25) is 30.2 Å². The first-order valence-electron chi connectivity index (χ1n) is 12.3. The number of aliphatic imine (C=N–C) groups is 2. The summed E-state index contributed by atoms with van der Waals surface area (Å²) in [6, 6.07) is 7.99. The minimum Gasteiger partial charge on any atom is -0.872 e. The molecule has 2 fully saturated rings. The molecule has 0 N–H and O–H groups in total. The van der Waals surface area contributed by atoms with Gasteiger partial charge in [-0.1, -0.05) is 62.2 Å². The van der Waals surface area contributed by atoms with Crippen molar-refractivity contribution in [2.45, 2.75) is 76.3 Å². The van der Waals surface area contributed by atoms with E-state index in [0.717, 1.165) is 25.7 Å². The normalized spacial score (nSPS) is 16.6. The SMILES string of the molecule is O=[N+]([O-])c1ccc([O-])c(C=NC2CCCCC2)c1.O=[N+]([O-])c1ccc([O-])c(C=NC2CCCCC2)c1.[Zn+2]. The first-order valence-corrected chi connectivity index (χ1v) is 12.3. The van der Waals surface area contributed by atoms with E-state index in [2.05, 4.69) is 9.98 Å². The Balaban J connectivity index is 0.000000253. The molecule has 0 atom stereocenters. The second-order valence-electron chi connectivity index (χ2n) is 9.10. The van der Waals surface area contributed by atoms with Crippen LogP contribution in [0.1, 0.15) is 75.3 Å². The molecule has 0 radical (unpaired) electrons. The van der Waals surface area contributed by atoms with Gasteiger partial charge in [0, 0.05) is 48.8 Å². The Labute approximate surface area is 228 Å². The van der Waals surface area contributed by atoms with Crippen molar-refractivity contribution in [3.8, 4) is 11.5 Å². The molecule has 4 rings (SSSR count). The maximum absolute atomic E-state index is 11.6. The van der Waals surface area contributed by atoms with Gasteiger partial charge in [-0.2, -0.15) is 0 Å². The van der Waals surface area contributed by atoms with E-state index in [1.807, 2.05) is 0 Å². The minimum atomic E-state index is -0.503. The van der Waals surface area contributed by atoms with Crippen molar-refractivity contribution in [2.24, 2.45) is 9.98 Å². The van der Waals surface area contributed by atoms with Gasteiger partial charge in [0.2, 0.25) is 0 Å². The fraction of sp³-hybridized carbons (Fsp3) is 0.462. The van der Waals surface area contributed by atoms with Crippen LogP contribution in [0.3, 0.4) is 0 Å². The first kappa shape index (κ1) is 30.0. The van der Waals surface area contributed by atoms with Crippen molar-refractivity contribution < 1.29 is 39.5 Å². The van der Waals surface area contributed by atoms with Crippen molar-refractivity contribution >= 4 is 23.8 Å². The largest absolute Gasteiger partial charge is 2.00 e. The molecule has 0 aromatic heterocycles. The third-order valence-corrected chi connectivity index (χ3v) is 6.41. The third kappa shape index (κ3) is 9.65.